The van der Waals surface area contributed by atoms with Crippen LogP contribution in [0.25, 0.3) is 0 Å². The predicted octanol–water partition coefficient (Wildman–Crippen LogP) is -0.155. The van der Waals surface area contributed by atoms with Gasteiger partial charge in [0.25, 0.3) is 0 Å². The summed E-state index contributed by atoms with van der Waals surface area (Å²) in [6.45, 7) is 1.21. The van der Waals surface area contributed by atoms with E-state index in [0.29, 0.717) is 26.1 Å². The number of likely N-dealkylation sites (N-methyl/N-ethyl adjacent to an activating group) is 1. The smallest absolute Gasteiger partial charge is 0.311 e. The third-order valence-electron chi connectivity index (χ3n) is 2.62. The summed E-state index contributed by atoms with van der Waals surface area (Å²) in [5.74, 6) is -1.14. The highest BCUT2D eigenvalue weighted by Gasteiger charge is 2.17. The number of methoxy groups -OCH3 is 1. The van der Waals surface area contributed by atoms with Crippen molar-refractivity contribution in [3.8, 4) is 0 Å². The quantitative estimate of drug-likeness (QED) is 0.573. The lowest BCUT2D eigenvalue weighted by Crippen LogP contribution is -2.42. The molecular formula is C13H19N3O3. The van der Waals surface area contributed by atoms with E-state index in [1.165, 1.54) is 12.0 Å². The molecule has 6 nitrogen and oxygen atoms in total. The second kappa shape index (κ2) is 8.20. The molecule has 0 atom stereocenters. The summed E-state index contributed by atoms with van der Waals surface area (Å²) in [5, 5.41) is 2.50. The van der Waals surface area contributed by atoms with Crippen LogP contribution in [0, 0.1) is 0 Å². The van der Waals surface area contributed by atoms with Gasteiger partial charge in [-0.15, -0.1) is 0 Å². The highest BCUT2D eigenvalue weighted by Crippen LogP contribution is 1.99. The Morgan fingerprint density at radius 1 is 1.37 bits per heavy atom. The average Bonchev–Trinajstić information content (AvgIpc) is 2.45. The largest absolute Gasteiger partial charge is 0.383 e. The SMILES string of the molecule is COCCNC(=O)C(=O)N(C)CCc1ccncc1. The Balaban J connectivity index is 2.34. The molecule has 0 saturated carbocycles. The van der Waals surface area contributed by atoms with Gasteiger partial charge in [0.15, 0.2) is 0 Å². The van der Waals surface area contributed by atoms with Crippen LogP contribution in [0.1, 0.15) is 5.56 Å². The molecule has 1 heterocycles. The van der Waals surface area contributed by atoms with Gasteiger partial charge in [-0.1, -0.05) is 0 Å². The number of nitrogens with one attached hydrogen (secondary N) is 1. The average molecular weight is 265 g/mol. The Morgan fingerprint density at radius 2 is 2.05 bits per heavy atom. The van der Waals surface area contributed by atoms with Crippen molar-refractivity contribution in [2.24, 2.45) is 0 Å². The Bertz CT molecular complexity index is 409. The molecule has 2 amide bonds. The number of amides is 2. The monoisotopic (exact) mass is 265 g/mol. The molecule has 6 heteroatoms. The fraction of sp³-hybridized carbons (Fsp3) is 0.462. The first-order valence-electron chi connectivity index (χ1n) is 6.06. The highest BCUT2D eigenvalue weighted by atomic mass is 16.5. The van der Waals surface area contributed by atoms with Crippen molar-refractivity contribution in [3.05, 3.63) is 30.1 Å². The van der Waals surface area contributed by atoms with E-state index in [9.17, 15) is 9.59 Å². The second-order valence-corrected chi connectivity index (χ2v) is 4.08. The van der Waals surface area contributed by atoms with E-state index in [2.05, 4.69) is 10.3 Å². The molecule has 0 bridgehead atoms. The first kappa shape index (κ1) is 15.1. The number of carbonyl (C=O) groups is 2. The van der Waals surface area contributed by atoms with Crippen molar-refractivity contribution < 1.29 is 14.3 Å². The minimum Gasteiger partial charge on any atom is -0.383 e. The summed E-state index contributed by atoms with van der Waals surface area (Å²) >= 11 is 0. The Morgan fingerprint density at radius 3 is 2.68 bits per heavy atom. The summed E-state index contributed by atoms with van der Waals surface area (Å²) in [4.78, 5) is 28.5. The van der Waals surface area contributed by atoms with Crippen molar-refractivity contribution in [2.75, 3.05) is 33.9 Å². The van der Waals surface area contributed by atoms with Crippen molar-refractivity contribution >= 4 is 11.8 Å². The van der Waals surface area contributed by atoms with Crippen LogP contribution in [-0.4, -0.2) is 55.6 Å². The molecule has 104 valence electrons. The summed E-state index contributed by atoms with van der Waals surface area (Å²) in [6.07, 6.45) is 4.10. The Kier molecular flexibility index (Phi) is 6.52. The molecule has 0 saturated heterocycles. The fourth-order valence-electron chi connectivity index (χ4n) is 1.46. The number of ether oxygens (including phenoxy) is 1. The second-order valence-electron chi connectivity index (χ2n) is 4.08. The zero-order valence-corrected chi connectivity index (χ0v) is 11.3. The predicted molar refractivity (Wildman–Crippen MR) is 70.5 cm³/mol. The molecule has 0 aliphatic rings. The van der Waals surface area contributed by atoms with Gasteiger partial charge >= 0.3 is 11.8 Å². The van der Waals surface area contributed by atoms with Crippen LogP contribution in [0.2, 0.25) is 0 Å². The van der Waals surface area contributed by atoms with Crippen LogP contribution < -0.4 is 5.32 Å². The topological polar surface area (TPSA) is 71.5 Å². The molecule has 1 rings (SSSR count). The number of carbonyl (C=O) groups excluding carboxylic acids is 2. The van der Waals surface area contributed by atoms with Gasteiger partial charge < -0.3 is 15.0 Å². The normalized spacial score (nSPS) is 10.0. The van der Waals surface area contributed by atoms with Crippen LogP contribution in [0.5, 0.6) is 0 Å². The van der Waals surface area contributed by atoms with E-state index >= 15 is 0 Å². The highest BCUT2D eigenvalue weighted by molar-refractivity contribution is 6.34. The van der Waals surface area contributed by atoms with E-state index in [4.69, 9.17) is 4.74 Å². The molecule has 19 heavy (non-hydrogen) atoms. The van der Waals surface area contributed by atoms with Gasteiger partial charge in [0.1, 0.15) is 0 Å². The lowest BCUT2D eigenvalue weighted by atomic mass is 10.2. The molecule has 0 spiro atoms. The van der Waals surface area contributed by atoms with Gasteiger partial charge in [-0.25, -0.2) is 0 Å². The molecule has 0 radical (unpaired) electrons. The minimum atomic E-state index is -0.603. The zero-order valence-electron chi connectivity index (χ0n) is 11.3. The number of hydrogen-bond acceptors (Lipinski definition) is 4. The van der Waals surface area contributed by atoms with Gasteiger partial charge in [0.2, 0.25) is 0 Å². The van der Waals surface area contributed by atoms with Gasteiger partial charge in [-0.2, -0.15) is 0 Å². The Hall–Kier alpha value is -1.95. The summed E-state index contributed by atoms with van der Waals surface area (Å²) in [7, 11) is 3.15. The number of hydrogen-bond donors (Lipinski definition) is 1. The number of aromatic nitrogens is 1. The minimum absolute atomic E-state index is 0.333. The Labute approximate surface area is 112 Å². The number of nitrogens with zero attached hydrogens (tertiary/aromatic N) is 2. The van der Waals surface area contributed by atoms with Gasteiger partial charge in [-0.05, 0) is 24.1 Å². The van der Waals surface area contributed by atoms with Crippen molar-refractivity contribution in [1.29, 1.82) is 0 Å². The standard InChI is InChI=1S/C13H19N3O3/c1-16(9-5-11-3-6-14-7-4-11)13(18)12(17)15-8-10-19-2/h3-4,6-7H,5,8-10H2,1-2H3,(H,15,17). The summed E-state index contributed by atoms with van der Waals surface area (Å²) in [6, 6.07) is 3.77. The fourth-order valence-corrected chi connectivity index (χ4v) is 1.46. The van der Waals surface area contributed by atoms with Crippen molar-refractivity contribution in [3.63, 3.8) is 0 Å². The maximum atomic E-state index is 11.7. The van der Waals surface area contributed by atoms with E-state index < -0.39 is 11.8 Å². The first-order valence-corrected chi connectivity index (χ1v) is 6.06. The van der Waals surface area contributed by atoms with Gasteiger partial charge in [0.05, 0.1) is 6.61 Å². The summed E-state index contributed by atoms with van der Waals surface area (Å²) in [5.41, 5.74) is 1.08. The maximum Gasteiger partial charge on any atom is 0.311 e. The molecular weight excluding hydrogens is 246 g/mol. The third-order valence-corrected chi connectivity index (χ3v) is 2.62. The van der Waals surface area contributed by atoms with Crippen molar-refractivity contribution in [1.82, 2.24) is 15.2 Å². The molecule has 1 N–H and O–H groups in total. The van der Waals surface area contributed by atoms with E-state index in [-0.39, 0.29) is 0 Å². The van der Waals surface area contributed by atoms with Crippen LogP contribution in [-0.2, 0) is 20.7 Å². The molecule has 1 aromatic rings. The summed E-state index contributed by atoms with van der Waals surface area (Å²) < 4.78 is 4.79. The van der Waals surface area contributed by atoms with Crippen molar-refractivity contribution in [2.45, 2.75) is 6.42 Å². The van der Waals surface area contributed by atoms with Gasteiger partial charge in [0, 0.05) is 39.6 Å². The lowest BCUT2D eigenvalue weighted by molar-refractivity contribution is -0.145. The lowest BCUT2D eigenvalue weighted by Gasteiger charge is -2.16. The van der Waals surface area contributed by atoms with E-state index in [0.717, 1.165) is 5.56 Å². The molecule has 0 aliphatic heterocycles. The molecule has 0 unspecified atom stereocenters. The van der Waals surface area contributed by atoms with Crippen LogP contribution in [0.3, 0.4) is 0 Å². The van der Waals surface area contributed by atoms with E-state index in [1.807, 2.05) is 12.1 Å². The third kappa shape index (κ3) is 5.48. The van der Waals surface area contributed by atoms with Crippen LogP contribution in [0.4, 0.5) is 0 Å². The molecule has 0 aromatic carbocycles. The molecule has 0 aliphatic carbocycles. The number of rotatable bonds is 6. The van der Waals surface area contributed by atoms with Gasteiger partial charge in [-0.3, -0.25) is 14.6 Å². The number of pyridine rings is 1. The maximum absolute atomic E-state index is 11.7. The molecule has 0 fully saturated rings. The van der Waals surface area contributed by atoms with Crippen LogP contribution >= 0.6 is 0 Å². The molecule has 1 aromatic heterocycles. The van der Waals surface area contributed by atoms with E-state index in [1.54, 1.807) is 19.4 Å². The first-order chi connectivity index (χ1) is 9.15. The zero-order chi connectivity index (χ0) is 14.1. The van der Waals surface area contributed by atoms with Crippen LogP contribution in [0.15, 0.2) is 24.5 Å².